The molecule has 0 saturated carbocycles. The van der Waals surface area contributed by atoms with Crippen molar-refractivity contribution in [1.29, 1.82) is 0 Å². The predicted octanol–water partition coefficient (Wildman–Crippen LogP) is 3.30. The van der Waals surface area contributed by atoms with Crippen LogP contribution in [0.3, 0.4) is 0 Å². The molecular weight excluding hydrogens is 404 g/mol. The fraction of sp³-hybridized carbons (Fsp3) is 0.250. The molecule has 1 aliphatic heterocycles. The summed E-state index contributed by atoms with van der Waals surface area (Å²) in [6.07, 6.45) is 0. The largest absolute Gasteiger partial charge is 0.484 e. The van der Waals surface area contributed by atoms with Gasteiger partial charge in [-0.1, -0.05) is 12.1 Å². The topological polar surface area (TPSA) is 72.9 Å². The maximum Gasteiger partial charge on any atom is 0.302 e. The molecule has 0 aromatic heterocycles. The average Bonchev–Trinajstić information content (AvgIpc) is 2.92. The van der Waals surface area contributed by atoms with E-state index in [-0.39, 0.29) is 37.3 Å². The number of amides is 2. The van der Waals surface area contributed by atoms with Crippen LogP contribution < -0.4 is 4.74 Å². The lowest BCUT2D eigenvalue weighted by molar-refractivity contribution is -0.141. The number of esters is 1. The van der Waals surface area contributed by atoms with E-state index in [1.807, 2.05) is 0 Å². The maximum absolute atomic E-state index is 14.1. The summed E-state index contributed by atoms with van der Waals surface area (Å²) in [6.45, 7) is 1.03. The molecule has 2 aromatic carbocycles. The van der Waals surface area contributed by atoms with Gasteiger partial charge in [-0.3, -0.25) is 19.3 Å². The molecule has 29 heavy (non-hydrogen) atoms. The molecule has 0 N–H and O–H groups in total. The van der Waals surface area contributed by atoms with E-state index in [2.05, 4.69) is 4.74 Å². The first-order chi connectivity index (χ1) is 13.9. The number of benzene rings is 2. The smallest absolute Gasteiger partial charge is 0.302 e. The van der Waals surface area contributed by atoms with Crippen LogP contribution in [-0.2, 0) is 9.53 Å². The Balaban J connectivity index is 1.56. The van der Waals surface area contributed by atoms with Crippen LogP contribution in [0.15, 0.2) is 41.3 Å². The lowest BCUT2D eigenvalue weighted by Gasteiger charge is -2.14. The highest BCUT2D eigenvalue weighted by molar-refractivity contribution is 7.99. The fourth-order valence-electron chi connectivity index (χ4n) is 2.78. The Morgan fingerprint density at radius 1 is 1.03 bits per heavy atom. The van der Waals surface area contributed by atoms with Gasteiger partial charge in [-0.05, 0) is 24.3 Å². The third-order valence-corrected chi connectivity index (χ3v) is 5.02. The number of carbonyl (C=O) groups excluding carboxylic acids is 3. The minimum absolute atomic E-state index is 0.112. The van der Waals surface area contributed by atoms with Crippen molar-refractivity contribution in [3.8, 4) is 5.75 Å². The van der Waals surface area contributed by atoms with Crippen LogP contribution in [0.4, 0.5) is 8.78 Å². The molecule has 9 heteroatoms. The van der Waals surface area contributed by atoms with Gasteiger partial charge in [-0.2, -0.15) is 0 Å². The summed E-state index contributed by atoms with van der Waals surface area (Å²) < 4.78 is 37.9. The van der Waals surface area contributed by atoms with Crippen LogP contribution in [0.5, 0.6) is 5.75 Å². The Hall–Kier alpha value is -2.94. The molecule has 152 valence electrons. The summed E-state index contributed by atoms with van der Waals surface area (Å²) in [5.41, 5.74) is 0.713. The van der Waals surface area contributed by atoms with E-state index < -0.39 is 23.4 Å². The van der Waals surface area contributed by atoms with Gasteiger partial charge in [-0.25, -0.2) is 8.78 Å². The molecular formula is C20H17F2NO5S. The normalized spacial score (nSPS) is 12.9. The Morgan fingerprint density at radius 3 is 2.17 bits per heavy atom. The highest BCUT2D eigenvalue weighted by Crippen LogP contribution is 2.29. The van der Waals surface area contributed by atoms with Gasteiger partial charge in [0, 0.05) is 24.1 Å². The summed E-state index contributed by atoms with van der Waals surface area (Å²) in [4.78, 5) is 36.7. The number of rotatable bonds is 8. The van der Waals surface area contributed by atoms with E-state index >= 15 is 0 Å². The molecule has 3 rings (SSSR count). The van der Waals surface area contributed by atoms with Gasteiger partial charge in [0.1, 0.15) is 13.2 Å². The first-order valence-electron chi connectivity index (χ1n) is 8.71. The summed E-state index contributed by atoms with van der Waals surface area (Å²) in [7, 11) is 0. The average molecular weight is 421 g/mol. The lowest BCUT2D eigenvalue weighted by Crippen LogP contribution is -2.31. The van der Waals surface area contributed by atoms with Crippen molar-refractivity contribution in [2.24, 2.45) is 0 Å². The van der Waals surface area contributed by atoms with E-state index in [4.69, 9.17) is 4.74 Å². The van der Waals surface area contributed by atoms with Crippen molar-refractivity contribution in [1.82, 2.24) is 4.90 Å². The number of carbonyl (C=O) groups is 3. The Bertz CT molecular complexity index is 908. The van der Waals surface area contributed by atoms with Gasteiger partial charge in [0.05, 0.1) is 11.1 Å². The van der Waals surface area contributed by atoms with Gasteiger partial charge in [0.15, 0.2) is 17.4 Å². The molecule has 0 aliphatic carbocycles. The first kappa shape index (κ1) is 20.8. The van der Waals surface area contributed by atoms with Crippen molar-refractivity contribution < 1.29 is 32.6 Å². The van der Waals surface area contributed by atoms with E-state index in [0.717, 1.165) is 28.8 Å². The quantitative estimate of drug-likeness (QED) is 0.282. The van der Waals surface area contributed by atoms with Crippen LogP contribution in [-0.4, -0.2) is 48.2 Å². The molecule has 0 bridgehead atoms. The molecule has 1 heterocycles. The number of fused-ring (bicyclic) bond motifs is 1. The summed E-state index contributed by atoms with van der Waals surface area (Å²) >= 11 is 1.11. The second kappa shape index (κ2) is 9.04. The van der Waals surface area contributed by atoms with E-state index in [1.165, 1.54) is 6.92 Å². The maximum atomic E-state index is 14.1. The van der Waals surface area contributed by atoms with E-state index in [9.17, 15) is 23.2 Å². The Morgan fingerprint density at radius 2 is 1.62 bits per heavy atom. The minimum atomic E-state index is -0.893. The van der Waals surface area contributed by atoms with E-state index in [0.29, 0.717) is 16.0 Å². The SMILES string of the molecule is CC(=O)OCCOc1c(F)cc(SCCN2C(=O)c3ccccc3C2=O)cc1F. The molecule has 6 nitrogen and oxygen atoms in total. The number of thioether (sulfide) groups is 1. The van der Waals surface area contributed by atoms with Crippen LogP contribution in [0.1, 0.15) is 27.6 Å². The zero-order valence-electron chi connectivity index (χ0n) is 15.4. The van der Waals surface area contributed by atoms with Gasteiger partial charge >= 0.3 is 5.97 Å². The molecule has 0 atom stereocenters. The molecule has 0 unspecified atom stereocenters. The van der Waals surface area contributed by atoms with Crippen LogP contribution in [0.2, 0.25) is 0 Å². The van der Waals surface area contributed by atoms with Gasteiger partial charge < -0.3 is 9.47 Å². The molecule has 0 radical (unpaired) electrons. The molecule has 2 amide bonds. The van der Waals surface area contributed by atoms with Gasteiger partial charge in [0.25, 0.3) is 11.8 Å². The predicted molar refractivity (Wildman–Crippen MR) is 101 cm³/mol. The summed E-state index contributed by atoms with van der Waals surface area (Å²) in [5.74, 6) is -3.33. The molecule has 1 aliphatic rings. The number of hydrogen-bond acceptors (Lipinski definition) is 6. The van der Waals surface area contributed by atoms with Crippen molar-refractivity contribution in [3.05, 3.63) is 59.2 Å². The second-order valence-corrected chi connectivity index (χ2v) is 7.23. The number of hydrogen-bond donors (Lipinski definition) is 0. The summed E-state index contributed by atoms with van der Waals surface area (Å²) in [6, 6.07) is 8.77. The number of imide groups is 1. The van der Waals surface area contributed by atoms with Gasteiger partial charge in [0.2, 0.25) is 0 Å². The van der Waals surface area contributed by atoms with Crippen molar-refractivity contribution in [3.63, 3.8) is 0 Å². The Kier molecular flexibility index (Phi) is 6.48. The lowest BCUT2D eigenvalue weighted by atomic mass is 10.1. The minimum Gasteiger partial charge on any atom is -0.484 e. The van der Waals surface area contributed by atoms with Crippen molar-refractivity contribution in [2.45, 2.75) is 11.8 Å². The third kappa shape index (κ3) is 4.73. The number of halogens is 2. The third-order valence-electron chi connectivity index (χ3n) is 4.07. The molecule has 0 fully saturated rings. The molecule has 2 aromatic rings. The monoisotopic (exact) mass is 421 g/mol. The van der Waals surface area contributed by atoms with E-state index in [1.54, 1.807) is 24.3 Å². The zero-order chi connectivity index (χ0) is 21.0. The number of ether oxygens (including phenoxy) is 2. The second-order valence-electron chi connectivity index (χ2n) is 6.06. The standard InChI is InChI=1S/C20H17F2NO5S/c1-12(24)27-7-8-28-18-16(21)10-13(11-17(18)22)29-9-6-23-19(25)14-4-2-3-5-15(14)20(23)26/h2-5,10-11H,6-9H2,1H3. The summed E-state index contributed by atoms with van der Waals surface area (Å²) in [5, 5.41) is 0. The molecule has 0 saturated heterocycles. The van der Waals surface area contributed by atoms with Crippen molar-refractivity contribution >= 4 is 29.5 Å². The van der Waals surface area contributed by atoms with Gasteiger partial charge in [-0.15, -0.1) is 11.8 Å². The molecule has 0 spiro atoms. The zero-order valence-corrected chi connectivity index (χ0v) is 16.3. The highest BCUT2D eigenvalue weighted by atomic mass is 32.2. The van der Waals surface area contributed by atoms with Crippen molar-refractivity contribution in [2.75, 3.05) is 25.5 Å². The van der Waals surface area contributed by atoms with Crippen LogP contribution in [0, 0.1) is 11.6 Å². The Labute approximate surface area is 169 Å². The van der Waals surface area contributed by atoms with Crippen LogP contribution >= 0.6 is 11.8 Å². The first-order valence-corrected chi connectivity index (χ1v) is 9.70. The number of nitrogens with zero attached hydrogens (tertiary/aromatic N) is 1. The van der Waals surface area contributed by atoms with Crippen LogP contribution in [0.25, 0.3) is 0 Å². The fourth-order valence-corrected chi connectivity index (χ4v) is 3.67. The highest BCUT2D eigenvalue weighted by Gasteiger charge is 2.34.